The summed E-state index contributed by atoms with van der Waals surface area (Å²) in [7, 11) is 3.39. The molecule has 1 heterocycles. The number of aromatic nitrogens is 2. The minimum Gasteiger partial charge on any atom is -0.384 e. The lowest BCUT2D eigenvalue weighted by atomic mass is 10.1. The normalized spacial score (nSPS) is 10.3. The Hall–Kier alpha value is -1.99. The van der Waals surface area contributed by atoms with E-state index in [1.807, 2.05) is 24.3 Å². The third kappa shape index (κ3) is 3.52. The second-order valence-electron chi connectivity index (χ2n) is 4.02. The second kappa shape index (κ2) is 6.97. The molecule has 106 valence electrons. The van der Waals surface area contributed by atoms with Crippen LogP contribution in [0.5, 0.6) is 0 Å². The first kappa shape index (κ1) is 14.4. The maximum atomic E-state index is 12.1. The van der Waals surface area contributed by atoms with Gasteiger partial charge in [0, 0.05) is 19.8 Å². The SMILES string of the molecule is CNc1nnc(C(=O)Nc2ccccc2CCOC)s1. The Morgan fingerprint density at radius 2 is 2.15 bits per heavy atom. The molecular weight excluding hydrogens is 276 g/mol. The number of benzene rings is 1. The minimum absolute atomic E-state index is 0.256. The number of amides is 1. The smallest absolute Gasteiger partial charge is 0.286 e. The van der Waals surface area contributed by atoms with E-state index in [9.17, 15) is 4.79 Å². The van der Waals surface area contributed by atoms with Crippen LogP contribution in [-0.2, 0) is 11.2 Å². The third-order valence-corrected chi connectivity index (χ3v) is 3.61. The molecule has 0 bridgehead atoms. The molecule has 6 nitrogen and oxygen atoms in total. The summed E-state index contributed by atoms with van der Waals surface area (Å²) in [5.41, 5.74) is 1.80. The molecule has 0 spiro atoms. The van der Waals surface area contributed by atoms with Crippen molar-refractivity contribution in [3.05, 3.63) is 34.8 Å². The number of carbonyl (C=O) groups excluding carboxylic acids is 1. The highest BCUT2D eigenvalue weighted by Crippen LogP contribution is 2.19. The van der Waals surface area contributed by atoms with Gasteiger partial charge in [0.05, 0.1) is 6.61 Å². The lowest BCUT2D eigenvalue weighted by molar-refractivity contribution is 0.102. The lowest BCUT2D eigenvalue weighted by Crippen LogP contribution is -2.13. The lowest BCUT2D eigenvalue weighted by Gasteiger charge is -2.09. The van der Waals surface area contributed by atoms with Crippen LogP contribution in [0.2, 0.25) is 0 Å². The van der Waals surface area contributed by atoms with Gasteiger partial charge in [-0.25, -0.2) is 0 Å². The van der Waals surface area contributed by atoms with Gasteiger partial charge >= 0.3 is 0 Å². The van der Waals surface area contributed by atoms with E-state index >= 15 is 0 Å². The quantitative estimate of drug-likeness (QED) is 0.852. The molecule has 0 radical (unpaired) electrons. The van der Waals surface area contributed by atoms with Gasteiger partial charge in [0.1, 0.15) is 0 Å². The Labute approximate surface area is 121 Å². The number of para-hydroxylation sites is 1. The Balaban J connectivity index is 2.10. The number of nitrogens with one attached hydrogen (secondary N) is 2. The molecule has 2 rings (SSSR count). The predicted octanol–water partition coefficient (Wildman–Crippen LogP) is 2.02. The zero-order valence-corrected chi connectivity index (χ0v) is 12.2. The van der Waals surface area contributed by atoms with E-state index in [1.54, 1.807) is 14.2 Å². The number of carbonyl (C=O) groups is 1. The van der Waals surface area contributed by atoms with Crippen LogP contribution in [-0.4, -0.2) is 36.9 Å². The fraction of sp³-hybridized carbons (Fsp3) is 0.308. The Kier molecular flexibility index (Phi) is 5.03. The summed E-state index contributed by atoms with van der Waals surface area (Å²) in [5, 5.41) is 14.3. The van der Waals surface area contributed by atoms with Gasteiger partial charge < -0.3 is 15.4 Å². The number of ether oxygens (including phenoxy) is 1. The maximum absolute atomic E-state index is 12.1. The van der Waals surface area contributed by atoms with Crippen molar-refractivity contribution in [1.29, 1.82) is 0 Å². The van der Waals surface area contributed by atoms with E-state index in [2.05, 4.69) is 20.8 Å². The number of hydrogen-bond acceptors (Lipinski definition) is 6. The van der Waals surface area contributed by atoms with Crippen molar-refractivity contribution in [3.63, 3.8) is 0 Å². The van der Waals surface area contributed by atoms with E-state index in [0.29, 0.717) is 16.7 Å². The van der Waals surface area contributed by atoms with Crippen LogP contribution in [0.1, 0.15) is 15.4 Å². The third-order valence-electron chi connectivity index (χ3n) is 2.67. The minimum atomic E-state index is -0.256. The summed E-state index contributed by atoms with van der Waals surface area (Å²) in [4.78, 5) is 12.1. The first-order valence-corrected chi connectivity index (χ1v) is 6.95. The molecular formula is C13H16N4O2S. The highest BCUT2D eigenvalue weighted by Gasteiger charge is 2.13. The van der Waals surface area contributed by atoms with Crippen molar-refractivity contribution in [3.8, 4) is 0 Å². The first-order valence-electron chi connectivity index (χ1n) is 6.14. The topological polar surface area (TPSA) is 76.1 Å². The zero-order chi connectivity index (χ0) is 14.4. The zero-order valence-electron chi connectivity index (χ0n) is 11.3. The molecule has 1 aromatic heterocycles. The first-order chi connectivity index (χ1) is 9.74. The van der Waals surface area contributed by atoms with Crippen molar-refractivity contribution >= 4 is 28.1 Å². The molecule has 7 heteroatoms. The largest absolute Gasteiger partial charge is 0.384 e. The van der Waals surface area contributed by atoms with Crippen molar-refractivity contribution in [1.82, 2.24) is 10.2 Å². The van der Waals surface area contributed by atoms with Crippen LogP contribution in [0, 0.1) is 0 Å². The van der Waals surface area contributed by atoms with Crippen LogP contribution in [0.15, 0.2) is 24.3 Å². The molecule has 0 unspecified atom stereocenters. The molecule has 1 amide bonds. The van der Waals surface area contributed by atoms with Gasteiger partial charge in [-0.2, -0.15) is 0 Å². The van der Waals surface area contributed by atoms with Gasteiger partial charge in [0.15, 0.2) is 0 Å². The molecule has 0 aliphatic rings. The molecule has 2 N–H and O–H groups in total. The van der Waals surface area contributed by atoms with Crippen LogP contribution in [0.4, 0.5) is 10.8 Å². The predicted molar refractivity (Wildman–Crippen MR) is 79.4 cm³/mol. The van der Waals surface area contributed by atoms with Gasteiger partial charge in [0.2, 0.25) is 10.1 Å². The van der Waals surface area contributed by atoms with Gasteiger partial charge in [-0.3, -0.25) is 4.79 Å². The maximum Gasteiger partial charge on any atom is 0.286 e. The van der Waals surface area contributed by atoms with Crippen molar-refractivity contribution in [2.75, 3.05) is 31.4 Å². The van der Waals surface area contributed by atoms with E-state index in [-0.39, 0.29) is 5.91 Å². The average molecular weight is 292 g/mol. The van der Waals surface area contributed by atoms with Crippen molar-refractivity contribution in [2.45, 2.75) is 6.42 Å². The Morgan fingerprint density at radius 3 is 2.85 bits per heavy atom. The molecule has 0 atom stereocenters. The number of anilines is 2. The van der Waals surface area contributed by atoms with Gasteiger partial charge in [-0.1, -0.05) is 29.5 Å². The van der Waals surface area contributed by atoms with E-state index in [0.717, 1.165) is 17.7 Å². The molecule has 0 aliphatic heterocycles. The Bertz CT molecular complexity index is 585. The number of rotatable bonds is 6. The summed E-state index contributed by atoms with van der Waals surface area (Å²) in [6, 6.07) is 7.65. The van der Waals surface area contributed by atoms with Crippen LogP contribution >= 0.6 is 11.3 Å². The Morgan fingerprint density at radius 1 is 1.35 bits per heavy atom. The molecule has 0 fully saturated rings. The summed E-state index contributed by atoms with van der Waals surface area (Å²) in [5.74, 6) is -0.256. The van der Waals surface area contributed by atoms with Crippen LogP contribution in [0.3, 0.4) is 0 Å². The molecule has 0 saturated heterocycles. The summed E-state index contributed by atoms with van der Waals surface area (Å²) < 4.78 is 5.07. The number of nitrogens with zero attached hydrogens (tertiary/aromatic N) is 2. The van der Waals surface area contributed by atoms with Gasteiger partial charge in [0.25, 0.3) is 5.91 Å². The summed E-state index contributed by atoms with van der Waals surface area (Å²) in [6.45, 7) is 0.607. The van der Waals surface area contributed by atoms with E-state index in [4.69, 9.17) is 4.74 Å². The van der Waals surface area contributed by atoms with Crippen LogP contribution in [0.25, 0.3) is 0 Å². The fourth-order valence-electron chi connectivity index (χ4n) is 1.66. The molecule has 1 aromatic carbocycles. The summed E-state index contributed by atoms with van der Waals surface area (Å²) in [6.07, 6.45) is 0.741. The number of methoxy groups -OCH3 is 1. The second-order valence-corrected chi connectivity index (χ2v) is 4.99. The highest BCUT2D eigenvalue weighted by molar-refractivity contribution is 7.17. The summed E-state index contributed by atoms with van der Waals surface area (Å²) >= 11 is 1.21. The fourth-order valence-corrected chi connectivity index (χ4v) is 2.26. The monoisotopic (exact) mass is 292 g/mol. The molecule has 0 saturated carbocycles. The standard InChI is InChI=1S/C13H16N4O2S/c1-14-13-17-16-12(20-13)11(18)15-10-6-4-3-5-9(10)7-8-19-2/h3-6H,7-8H2,1-2H3,(H,14,17)(H,15,18). The van der Waals surface area contributed by atoms with Crippen LogP contribution < -0.4 is 10.6 Å². The highest BCUT2D eigenvalue weighted by atomic mass is 32.1. The molecule has 0 aliphatic carbocycles. The molecule has 20 heavy (non-hydrogen) atoms. The van der Waals surface area contributed by atoms with E-state index in [1.165, 1.54) is 11.3 Å². The van der Waals surface area contributed by atoms with Crippen molar-refractivity contribution < 1.29 is 9.53 Å². The number of hydrogen-bond donors (Lipinski definition) is 2. The average Bonchev–Trinajstić information content (AvgIpc) is 2.95. The van der Waals surface area contributed by atoms with E-state index < -0.39 is 0 Å². The van der Waals surface area contributed by atoms with Gasteiger partial charge in [-0.05, 0) is 18.1 Å². The van der Waals surface area contributed by atoms with Gasteiger partial charge in [-0.15, -0.1) is 10.2 Å². The molecule has 2 aromatic rings. The van der Waals surface area contributed by atoms with Crippen molar-refractivity contribution in [2.24, 2.45) is 0 Å².